The van der Waals surface area contributed by atoms with Crippen LogP contribution in [0.4, 0.5) is 10.1 Å². The molecule has 0 unspecified atom stereocenters. The van der Waals surface area contributed by atoms with Gasteiger partial charge in [0.1, 0.15) is 5.82 Å². The lowest BCUT2D eigenvalue weighted by atomic mass is 10.2. The van der Waals surface area contributed by atoms with Crippen LogP contribution in [0, 0.1) is 12.7 Å². The van der Waals surface area contributed by atoms with Crippen LogP contribution >= 0.6 is 0 Å². The molecule has 1 rings (SSSR count). The predicted octanol–water partition coefficient (Wildman–Crippen LogP) is 1.88. The Morgan fingerprint density at radius 2 is 2.00 bits per heavy atom. The van der Waals surface area contributed by atoms with Crippen molar-refractivity contribution >= 4 is 15.7 Å². The van der Waals surface area contributed by atoms with E-state index in [9.17, 15) is 12.8 Å². The number of aryl methyl sites for hydroxylation is 1. The summed E-state index contributed by atoms with van der Waals surface area (Å²) < 4.78 is 39.0. The molecule has 0 atom stereocenters. The van der Waals surface area contributed by atoms with Gasteiger partial charge in [0.05, 0.1) is 5.75 Å². The van der Waals surface area contributed by atoms with Gasteiger partial charge in [0.15, 0.2) is 0 Å². The number of hydrogen-bond donors (Lipinski definition) is 2. The van der Waals surface area contributed by atoms with Gasteiger partial charge in [-0.2, -0.15) is 0 Å². The molecule has 2 N–H and O–H groups in total. The first-order valence-electron chi connectivity index (χ1n) is 5.86. The minimum atomic E-state index is -3.34. The van der Waals surface area contributed by atoms with Crippen LogP contribution in [0.2, 0.25) is 0 Å². The van der Waals surface area contributed by atoms with Gasteiger partial charge in [-0.05, 0) is 57.1 Å². The normalized spacial score (nSPS) is 11.5. The molecule has 0 radical (unpaired) electrons. The van der Waals surface area contributed by atoms with E-state index in [1.54, 1.807) is 6.92 Å². The molecule has 0 heterocycles. The molecule has 18 heavy (non-hydrogen) atoms. The molecule has 4 nitrogen and oxygen atoms in total. The summed E-state index contributed by atoms with van der Waals surface area (Å²) >= 11 is 0. The first-order valence-corrected chi connectivity index (χ1v) is 7.51. The maximum atomic E-state index is 13.0. The average molecular weight is 274 g/mol. The summed E-state index contributed by atoms with van der Waals surface area (Å²) in [6, 6.07) is 4.17. The average Bonchev–Trinajstić information content (AvgIpc) is 2.29. The lowest BCUT2D eigenvalue weighted by Crippen LogP contribution is -2.18. The first-order chi connectivity index (χ1) is 8.44. The minimum absolute atomic E-state index is 0.0745. The van der Waals surface area contributed by atoms with Crippen molar-refractivity contribution < 1.29 is 12.8 Å². The molecule has 0 bridgehead atoms. The van der Waals surface area contributed by atoms with E-state index in [-0.39, 0.29) is 11.6 Å². The monoisotopic (exact) mass is 274 g/mol. The van der Waals surface area contributed by atoms with Gasteiger partial charge >= 0.3 is 0 Å². The summed E-state index contributed by atoms with van der Waals surface area (Å²) in [6.07, 6.45) is 1.40. The molecule has 0 saturated heterocycles. The number of hydrogen-bond acceptors (Lipinski definition) is 3. The van der Waals surface area contributed by atoms with Gasteiger partial charge in [0.2, 0.25) is 10.0 Å². The van der Waals surface area contributed by atoms with E-state index >= 15 is 0 Å². The number of nitrogens with one attached hydrogen (secondary N) is 2. The molecule has 1 aromatic carbocycles. The van der Waals surface area contributed by atoms with Gasteiger partial charge in [-0.15, -0.1) is 0 Å². The molecular weight excluding hydrogens is 255 g/mol. The number of sulfonamides is 1. The fourth-order valence-electron chi connectivity index (χ4n) is 1.53. The van der Waals surface area contributed by atoms with Gasteiger partial charge in [0.25, 0.3) is 0 Å². The summed E-state index contributed by atoms with van der Waals surface area (Å²) in [5.74, 6) is -0.266. The second kappa shape index (κ2) is 6.70. The number of halogens is 1. The summed E-state index contributed by atoms with van der Waals surface area (Å²) in [5.41, 5.74) is 0.827. The third-order valence-corrected chi connectivity index (χ3v) is 3.89. The Hall–Kier alpha value is -1.14. The van der Waals surface area contributed by atoms with Gasteiger partial charge in [0, 0.05) is 5.69 Å². The molecule has 0 spiro atoms. The Balaban J connectivity index is 2.56. The van der Waals surface area contributed by atoms with Gasteiger partial charge in [-0.25, -0.2) is 12.8 Å². The van der Waals surface area contributed by atoms with Gasteiger partial charge in [-0.1, -0.05) is 0 Å². The van der Waals surface area contributed by atoms with Crippen molar-refractivity contribution in [3.63, 3.8) is 0 Å². The van der Waals surface area contributed by atoms with Crippen molar-refractivity contribution in [3.05, 3.63) is 29.6 Å². The van der Waals surface area contributed by atoms with Gasteiger partial charge < -0.3 is 5.32 Å². The van der Waals surface area contributed by atoms with Crippen molar-refractivity contribution in [2.75, 3.05) is 24.1 Å². The van der Waals surface area contributed by atoms with E-state index in [1.165, 1.54) is 18.2 Å². The first kappa shape index (κ1) is 14.9. The number of anilines is 1. The van der Waals surface area contributed by atoms with Crippen LogP contribution in [-0.4, -0.2) is 27.8 Å². The SMILES string of the molecule is CNCCCCS(=O)(=O)Nc1ccc(F)c(C)c1. The topological polar surface area (TPSA) is 58.2 Å². The maximum absolute atomic E-state index is 13.0. The van der Waals surface area contributed by atoms with Crippen molar-refractivity contribution in [1.29, 1.82) is 0 Å². The van der Waals surface area contributed by atoms with Crippen molar-refractivity contribution in [1.82, 2.24) is 5.32 Å². The summed E-state index contributed by atoms with van der Waals surface area (Å²) in [6.45, 7) is 2.39. The van der Waals surface area contributed by atoms with Crippen LogP contribution in [0.15, 0.2) is 18.2 Å². The predicted molar refractivity (Wildman–Crippen MR) is 71.7 cm³/mol. The van der Waals surface area contributed by atoms with E-state index in [2.05, 4.69) is 10.0 Å². The standard InChI is InChI=1S/C12H19FN2O2S/c1-10-9-11(5-6-12(10)13)15-18(16,17)8-4-3-7-14-2/h5-6,9,14-15H,3-4,7-8H2,1-2H3. The zero-order valence-electron chi connectivity index (χ0n) is 10.7. The zero-order chi connectivity index (χ0) is 13.6. The van der Waals surface area contributed by atoms with Crippen LogP contribution < -0.4 is 10.0 Å². The summed E-state index contributed by atoms with van der Waals surface area (Å²) in [4.78, 5) is 0. The molecule has 0 aliphatic heterocycles. The third-order valence-electron chi connectivity index (χ3n) is 2.52. The minimum Gasteiger partial charge on any atom is -0.320 e. The Labute approximate surface area is 108 Å². The Morgan fingerprint density at radius 1 is 1.28 bits per heavy atom. The van der Waals surface area contributed by atoms with Crippen LogP contribution in [0.1, 0.15) is 18.4 Å². The number of unbranched alkanes of at least 4 members (excludes halogenated alkanes) is 1. The van der Waals surface area contributed by atoms with Crippen LogP contribution in [-0.2, 0) is 10.0 Å². The van der Waals surface area contributed by atoms with Crippen molar-refractivity contribution in [2.45, 2.75) is 19.8 Å². The lowest BCUT2D eigenvalue weighted by molar-refractivity contribution is 0.594. The second-order valence-corrected chi connectivity index (χ2v) is 6.04. The third kappa shape index (κ3) is 5.01. The highest BCUT2D eigenvalue weighted by Crippen LogP contribution is 2.15. The van der Waals surface area contributed by atoms with Crippen LogP contribution in [0.3, 0.4) is 0 Å². The second-order valence-electron chi connectivity index (χ2n) is 4.20. The Kier molecular flexibility index (Phi) is 5.55. The largest absolute Gasteiger partial charge is 0.320 e. The van der Waals surface area contributed by atoms with E-state index in [0.717, 1.165) is 13.0 Å². The van der Waals surface area contributed by atoms with E-state index in [0.29, 0.717) is 17.7 Å². The van der Waals surface area contributed by atoms with Crippen LogP contribution in [0.5, 0.6) is 0 Å². The molecule has 102 valence electrons. The molecule has 6 heteroatoms. The van der Waals surface area contributed by atoms with Crippen LogP contribution in [0.25, 0.3) is 0 Å². The molecule has 0 aliphatic rings. The lowest BCUT2D eigenvalue weighted by Gasteiger charge is -2.08. The number of rotatable bonds is 7. The molecule has 0 fully saturated rings. The van der Waals surface area contributed by atoms with Gasteiger partial charge in [-0.3, -0.25) is 4.72 Å². The Bertz CT molecular complexity index is 489. The fourth-order valence-corrected chi connectivity index (χ4v) is 2.70. The maximum Gasteiger partial charge on any atom is 0.232 e. The molecule has 1 aromatic rings. The molecule has 0 aliphatic carbocycles. The zero-order valence-corrected chi connectivity index (χ0v) is 11.5. The molecule has 0 saturated carbocycles. The van der Waals surface area contributed by atoms with E-state index < -0.39 is 10.0 Å². The Morgan fingerprint density at radius 3 is 2.61 bits per heavy atom. The fraction of sp³-hybridized carbons (Fsp3) is 0.500. The van der Waals surface area contributed by atoms with E-state index in [1.807, 2.05) is 7.05 Å². The number of benzene rings is 1. The van der Waals surface area contributed by atoms with Crippen molar-refractivity contribution in [2.24, 2.45) is 0 Å². The molecular formula is C12H19FN2O2S. The summed E-state index contributed by atoms with van der Waals surface area (Å²) in [5, 5.41) is 2.96. The highest BCUT2D eigenvalue weighted by atomic mass is 32.2. The molecule has 0 amide bonds. The van der Waals surface area contributed by atoms with E-state index in [4.69, 9.17) is 0 Å². The quantitative estimate of drug-likeness (QED) is 0.746. The molecule has 0 aromatic heterocycles. The highest BCUT2D eigenvalue weighted by Gasteiger charge is 2.10. The smallest absolute Gasteiger partial charge is 0.232 e. The summed E-state index contributed by atoms with van der Waals surface area (Å²) in [7, 11) is -1.52. The van der Waals surface area contributed by atoms with Crippen molar-refractivity contribution in [3.8, 4) is 0 Å². The highest BCUT2D eigenvalue weighted by molar-refractivity contribution is 7.92.